The Balaban J connectivity index is 1.52. The predicted molar refractivity (Wildman–Crippen MR) is 132 cm³/mol. The van der Waals surface area contributed by atoms with Crippen LogP contribution in [0.15, 0.2) is 50.4 Å². The Kier molecular flexibility index (Phi) is 6.03. The quantitative estimate of drug-likeness (QED) is 0.342. The van der Waals surface area contributed by atoms with Crippen molar-refractivity contribution < 1.29 is 13.9 Å². The van der Waals surface area contributed by atoms with Gasteiger partial charge in [-0.25, -0.2) is 5.43 Å². The Bertz CT molecular complexity index is 1200. The number of fused-ring (bicyclic) bond motifs is 2. The van der Waals surface area contributed by atoms with Gasteiger partial charge in [0, 0.05) is 27.6 Å². The number of anilines is 1. The second kappa shape index (κ2) is 8.62. The fourth-order valence-electron chi connectivity index (χ4n) is 4.76. The van der Waals surface area contributed by atoms with E-state index in [1.807, 2.05) is 12.1 Å². The molecule has 168 valence electrons. The molecule has 4 rings (SSSR count). The van der Waals surface area contributed by atoms with Crippen molar-refractivity contribution in [1.82, 2.24) is 5.43 Å². The van der Waals surface area contributed by atoms with Crippen molar-refractivity contribution in [2.75, 3.05) is 18.6 Å². The first kappa shape index (κ1) is 22.4. The Hall–Kier alpha value is -2.80. The molecule has 32 heavy (non-hydrogen) atoms. The fraction of sp³-hybridized carbons (Fsp3) is 0.360. The first-order valence-corrected chi connectivity index (χ1v) is 11.5. The van der Waals surface area contributed by atoms with Crippen LogP contribution in [0, 0.1) is 0 Å². The summed E-state index contributed by atoms with van der Waals surface area (Å²) in [5, 5.41) is 4.93. The Morgan fingerprint density at radius 2 is 2.12 bits per heavy atom. The van der Waals surface area contributed by atoms with Crippen LogP contribution >= 0.6 is 15.9 Å². The number of hydrogen-bond acceptors (Lipinski definition) is 5. The van der Waals surface area contributed by atoms with Gasteiger partial charge in [-0.2, -0.15) is 5.10 Å². The Morgan fingerprint density at radius 3 is 2.84 bits per heavy atom. The zero-order valence-corrected chi connectivity index (χ0v) is 20.6. The lowest BCUT2D eigenvalue weighted by atomic mass is 9.79. The second-order valence-electron chi connectivity index (χ2n) is 8.82. The van der Waals surface area contributed by atoms with Crippen LogP contribution in [0.3, 0.4) is 0 Å². The zero-order valence-electron chi connectivity index (χ0n) is 19.0. The van der Waals surface area contributed by atoms with Gasteiger partial charge in [0.25, 0.3) is 0 Å². The minimum Gasteiger partial charge on any atom is -0.493 e. The fourth-order valence-corrected chi connectivity index (χ4v) is 5.21. The summed E-state index contributed by atoms with van der Waals surface area (Å²) in [7, 11) is 1.56. The molecule has 1 atom stereocenters. The minimum atomic E-state index is -0.416. The molecule has 6 nitrogen and oxygen atoms in total. The average molecular weight is 498 g/mol. The van der Waals surface area contributed by atoms with Crippen LogP contribution in [0.5, 0.6) is 5.75 Å². The standard InChI is InChI=1S/C25H28BrN3O3/c1-6-29-20-8-7-16(9-19(20)15(2)13-25(29,3)4)14-27-28-24(30)22-11-17-10-18(26)12-21(31-5)23(17)32-22/h7-12,14-15H,6,13H2,1-5H3,(H,28,30)/b27-14+. The maximum atomic E-state index is 12.5. The van der Waals surface area contributed by atoms with Crippen molar-refractivity contribution >= 4 is 44.7 Å². The summed E-state index contributed by atoms with van der Waals surface area (Å²) in [6.07, 6.45) is 2.76. The number of rotatable bonds is 5. The molecule has 0 bridgehead atoms. The summed E-state index contributed by atoms with van der Waals surface area (Å²) >= 11 is 3.43. The van der Waals surface area contributed by atoms with Gasteiger partial charge in [-0.05, 0) is 74.6 Å². The lowest BCUT2D eigenvalue weighted by Gasteiger charge is -2.47. The first-order chi connectivity index (χ1) is 15.2. The molecule has 1 aliphatic heterocycles. The summed E-state index contributed by atoms with van der Waals surface area (Å²) in [5.74, 6) is 0.772. The van der Waals surface area contributed by atoms with E-state index in [2.05, 4.69) is 71.2 Å². The highest BCUT2D eigenvalue weighted by Crippen LogP contribution is 2.43. The largest absolute Gasteiger partial charge is 0.493 e. The first-order valence-electron chi connectivity index (χ1n) is 10.8. The third-order valence-electron chi connectivity index (χ3n) is 6.10. The van der Waals surface area contributed by atoms with Gasteiger partial charge in [0.2, 0.25) is 0 Å². The number of hydrazone groups is 1. The molecule has 1 unspecified atom stereocenters. The summed E-state index contributed by atoms with van der Waals surface area (Å²) in [6, 6.07) is 11.7. The van der Waals surface area contributed by atoms with E-state index in [0.29, 0.717) is 17.3 Å². The molecule has 1 amide bonds. The third-order valence-corrected chi connectivity index (χ3v) is 6.55. The van der Waals surface area contributed by atoms with Gasteiger partial charge in [-0.3, -0.25) is 4.79 Å². The van der Waals surface area contributed by atoms with Crippen molar-refractivity contribution in [1.29, 1.82) is 0 Å². The number of methoxy groups -OCH3 is 1. The van der Waals surface area contributed by atoms with Crippen LogP contribution in [0.2, 0.25) is 0 Å². The molecule has 0 saturated carbocycles. The van der Waals surface area contributed by atoms with E-state index in [1.165, 1.54) is 11.3 Å². The number of halogens is 1. The molecule has 1 N–H and O–H groups in total. The van der Waals surface area contributed by atoms with Crippen LogP contribution in [-0.4, -0.2) is 31.3 Å². The van der Waals surface area contributed by atoms with Gasteiger partial charge in [0.15, 0.2) is 17.1 Å². The van der Waals surface area contributed by atoms with E-state index < -0.39 is 5.91 Å². The molecule has 1 aromatic heterocycles. The summed E-state index contributed by atoms with van der Waals surface area (Å²) in [4.78, 5) is 15.0. The van der Waals surface area contributed by atoms with Crippen molar-refractivity contribution in [2.24, 2.45) is 5.10 Å². The number of ether oxygens (including phenoxy) is 1. The number of furan rings is 1. The molecule has 1 aliphatic rings. The summed E-state index contributed by atoms with van der Waals surface area (Å²) in [5.41, 5.74) is 6.76. The van der Waals surface area contributed by atoms with E-state index in [-0.39, 0.29) is 11.3 Å². The van der Waals surface area contributed by atoms with E-state index in [4.69, 9.17) is 9.15 Å². The number of benzene rings is 2. The number of amides is 1. The Labute approximate surface area is 196 Å². The third kappa shape index (κ3) is 4.13. The average Bonchev–Trinajstić information content (AvgIpc) is 3.17. The maximum Gasteiger partial charge on any atom is 0.307 e. The second-order valence-corrected chi connectivity index (χ2v) is 9.73. The van der Waals surface area contributed by atoms with Gasteiger partial charge < -0.3 is 14.1 Å². The molecule has 2 heterocycles. The van der Waals surface area contributed by atoms with Crippen LogP contribution in [0.4, 0.5) is 5.69 Å². The monoisotopic (exact) mass is 497 g/mol. The smallest absolute Gasteiger partial charge is 0.307 e. The van der Waals surface area contributed by atoms with Crippen molar-refractivity contribution in [3.05, 3.63) is 57.8 Å². The SMILES string of the molecule is CCN1c2ccc(/C=N/NC(=O)c3cc4cc(Br)cc(OC)c4o3)cc2C(C)CC1(C)C. The molecular formula is C25H28BrN3O3. The molecule has 0 saturated heterocycles. The van der Waals surface area contributed by atoms with Crippen molar-refractivity contribution in [2.45, 2.75) is 45.6 Å². The molecule has 3 aromatic rings. The van der Waals surface area contributed by atoms with E-state index in [0.717, 1.165) is 28.4 Å². The van der Waals surface area contributed by atoms with Gasteiger partial charge in [0.05, 0.1) is 13.3 Å². The maximum absolute atomic E-state index is 12.5. The van der Waals surface area contributed by atoms with Gasteiger partial charge in [-0.1, -0.05) is 28.9 Å². The summed E-state index contributed by atoms with van der Waals surface area (Å²) in [6.45, 7) is 10.0. The van der Waals surface area contributed by atoms with E-state index in [9.17, 15) is 4.79 Å². The highest BCUT2D eigenvalue weighted by atomic mass is 79.9. The Morgan fingerprint density at radius 1 is 1.34 bits per heavy atom. The molecule has 0 radical (unpaired) electrons. The van der Waals surface area contributed by atoms with Gasteiger partial charge >= 0.3 is 5.91 Å². The highest BCUT2D eigenvalue weighted by Gasteiger charge is 2.35. The molecule has 0 fully saturated rings. The van der Waals surface area contributed by atoms with Gasteiger partial charge in [0.1, 0.15) is 0 Å². The minimum absolute atomic E-state index is 0.135. The zero-order chi connectivity index (χ0) is 23.0. The topological polar surface area (TPSA) is 67.1 Å². The number of hydrogen-bond donors (Lipinski definition) is 1. The molecule has 7 heteroatoms. The van der Waals surface area contributed by atoms with Crippen LogP contribution in [-0.2, 0) is 0 Å². The molecule has 0 aliphatic carbocycles. The molecule has 0 spiro atoms. The highest BCUT2D eigenvalue weighted by molar-refractivity contribution is 9.10. The lowest BCUT2D eigenvalue weighted by molar-refractivity contribution is 0.0929. The van der Waals surface area contributed by atoms with Gasteiger partial charge in [-0.15, -0.1) is 0 Å². The van der Waals surface area contributed by atoms with Crippen LogP contribution < -0.4 is 15.1 Å². The van der Waals surface area contributed by atoms with E-state index in [1.54, 1.807) is 25.5 Å². The summed E-state index contributed by atoms with van der Waals surface area (Å²) < 4.78 is 11.9. The number of carbonyl (C=O) groups is 1. The predicted octanol–water partition coefficient (Wildman–Crippen LogP) is 6.08. The number of nitrogens with zero attached hydrogens (tertiary/aromatic N) is 2. The van der Waals surface area contributed by atoms with Crippen molar-refractivity contribution in [3.63, 3.8) is 0 Å². The number of carbonyl (C=O) groups excluding carboxylic acids is 1. The molecule has 2 aromatic carbocycles. The van der Waals surface area contributed by atoms with E-state index >= 15 is 0 Å². The normalized spacial score (nSPS) is 17.6. The van der Waals surface area contributed by atoms with Crippen LogP contribution in [0.1, 0.15) is 61.7 Å². The lowest BCUT2D eigenvalue weighted by Crippen LogP contribution is -2.48. The molecular weight excluding hydrogens is 470 g/mol. The number of nitrogens with one attached hydrogen (secondary N) is 1. The van der Waals surface area contributed by atoms with Crippen molar-refractivity contribution in [3.8, 4) is 5.75 Å². The van der Waals surface area contributed by atoms with Crippen LogP contribution in [0.25, 0.3) is 11.0 Å².